The number of hydrogen-bond acceptors (Lipinski definition) is 3. The van der Waals surface area contributed by atoms with E-state index in [1.54, 1.807) is 6.07 Å². The number of rotatable bonds is 1. The molecule has 1 aromatic carbocycles. The largest absolute Gasteiger partial charge is 0.388 e. The SMILES string of the molecule is O=C(OO)c1cc2ccccc2[nH]1. The highest BCUT2D eigenvalue weighted by Crippen LogP contribution is 2.14. The molecule has 0 aliphatic heterocycles. The number of hydrogen-bond donors (Lipinski definition) is 2. The number of nitrogens with one attached hydrogen (secondary N) is 1. The van der Waals surface area contributed by atoms with Crippen LogP contribution in [0.5, 0.6) is 0 Å². The van der Waals surface area contributed by atoms with Gasteiger partial charge < -0.3 is 4.98 Å². The molecule has 2 rings (SSSR count). The van der Waals surface area contributed by atoms with Gasteiger partial charge in [0.05, 0.1) is 0 Å². The number of benzene rings is 1. The van der Waals surface area contributed by atoms with Gasteiger partial charge in [0.1, 0.15) is 5.69 Å². The number of H-pyrrole nitrogens is 1. The van der Waals surface area contributed by atoms with E-state index in [0.29, 0.717) is 0 Å². The Labute approximate surface area is 73.7 Å². The zero-order valence-electron chi connectivity index (χ0n) is 6.65. The van der Waals surface area contributed by atoms with Crippen molar-refractivity contribution in [2.45, 2.75) is 0 Å². The Balaban J connectivity index is 2.56. The van der Waals surface area contributed by atoms with Crippen molar-refractivity contribution in [3.05, 3.63) is 36.0 Å². The molecule has 2 N–H and O–H groups in total. The van der Waals surface area contributed by atoms with Crippen LogP contribution in [0.2, 0.25) is 0 Å². The van der Waals surface area contributed by atoms with Gasteiger partial charge in [-0.3, -0.25) is 4.89 Å². The predicted molar refractivity (Wildman–Crippen MR) is 46.3 cm³/mol. The number of aromatic amines is 1. The number of carbonyl (C=O) groups is 1. The van der Waals surface area contributed by atoms with Gasteiger partial charge in [0.25, 0.3) is 0 Å². The van der Waals surface area contributed by atoms with Crippen LogP contribution in [0.25, 0.3) is 10.9 Å². The van der Waals surface area contributed by atoms with Crippen LogP contribution in [0.1, 0.15) is 10.5 Å². The second-order valence-corrected chi connectivity index (χ2v) is 2.65. The van der Waals surface area contributed by atoms with E-state index in [4.69, 9.17) is 5.26 Å². The summed E-state index contributed by atoms with van der Waals surface area (Å²) in [5, 5.41) is 9.05. The minimum absolute atomic E-state index is 0.240. The standard InChI is InChI=1S/C9H7NO3/c11-9(13-12)8-5-6-3-1-2-4-7(6)10-8/h1-5,10,12H. The summed E-state index contributed by atoms with van der Waals surface area (Å²) in [6.45, 7) is 0. The summed E-state index contributed by atoms with van der Waals surface area (Å²) in [6.07, 6.45) is 0. The van der Waals surface area contributed by atoms with Crippen LogP contribution in [-0.4, -0.2) is 16.2 Å². The molecule has 0 radical (unpaired) electrons. The average Bonchev–Trinajstić information content (AvgIpc) is 2.59. The summed E-state index contributed by atoms with van der Waals surface area (Å²) in [7, 11) is 0. The van der Waals surface area contributed by atoms with Crippen LogP contribution in [0.3, 0.4) is 0 Å². The molecule has 0 bridgehead atoms. The molecule has 0 atom stereocenters. The van der Waals surface area contributed by atoms with Gasteiger partial charge in [0, 0.05) is 10.9 Å². The van der Waals surface area contributed by atoms with E-state index in [2.05, 4.69) is 9.87 Å². The lowest BCUT2D eigenvalue weighted by atomic mass is 10.2. The van der Waals surface area contributed by atoms with Gasteiger partial charge in [-0.1, -0.05) is 18.2 Å². The molecular weight excluding hydrogens is 170 g/mol. The number of carbonyl (C=O) groups excluding carboxylic acids is 1. The third-order valence-electron chi connectivity index (χ3n) is 1.83. The van der Waals surface area contributed by atoms with E-state index < -0.39 is 5.97 Å². The molecule has 0 amide bonds. The van der Waals surface area contributed by atoms with Crippen molar-refractivity contribution in [2.75, 3.05) is 0 Å². The van der Waals surface area contributed by atoms with Crippen molar-refractivity contribution >= 4 is 16.9 Å². The Hall–Kier alpha value is -1.81. The third kappa shape index (κ3) is 1.27. The lowest BCUT2D eigenvalue weighted by Gasteiger charge is -1.88. The van der Waals surface area contributed by atoms with Crippen molar-refractivity contribution in [1.82, 2.24) is 4.98 Å². The van der Waals surface area contributed by atoms with Crippen molar-refractivity contribution in [3.63, 3.8) is 0 Å². The topological polar surface area (TPSA) is 62.3 Å². The van der Waals surface area contributed by atoms with Crippen molar-refractivity contribution in [3.8, 4) is 0 Å². The molecule has 66 valence electrons. The first-order valence-electron chi connectivity index (χ1n) is 3.75. The molecule has 1 aromatic heterocycles. The highest BCUT2D eigenvalue weighted by Gasteiger charge is 2.09. The van der Waals surface area contributed by atoms with E-state index in [9.17, 15) is 4.79 Å². The van der Waals surface area contributed by atoms with E-state index in [0.717, 1.165) is 10.9 Å². The number of fused-ring (bicyclic) bond motifs is 1. The number of para-hydroxylation sites is 1. The fraction of sp³-hybridized carbons (Fsp3) is 0. The summed E-state index contributed by atoms with van der Waals surface area (Å²) in [4.78, 5) is 17.3. The van der Waals surface area contributed by atoms with Crippen LogP contribution >= 0.6 is 0 Å². The Morgan fingerprint density at radius 1 is 1.38 bits per heavy atom. The first kappa shape index (κ1) is 7.82. The first-order valence-corrected chi connectivity index (χ1v) is 3.75. The van der Waals surface area contributed by atoms with Crippen LogP contribution < -0.4 is 0 Å². The second-order valence-electron chi connectivity index (χ2n) is 2.65. The summed E-state index contributed by atoms with van der Waals surface area (Å²) in [5.74, 6) is -0.781. The summed E-state index contributed by atoms with van der Waals surface area (Å²) >= 11 is 0. The molecule has 0 spiro atoms. The molecule has 0 aliphatic rings. The number of aromatic nitrogens is 1. The van der Waals surface area contributed by atoms with Crippen molar-refractivity contribution < 1.29 is 14.9 Å². The zero-order valence-corrected chi connectivity index (χ0v) is 6.65. The summed E-state index contributed by atoms with van der Waals surface area (Å²) < 4.78 is 0. The highest BCUT2D eigenvalue weighted by atomic mass is 17.1. The average molecular weight is 177 g/mol. The third-order valence-corrected chi connectivity index (χ3v) is 1.83. The van der Waals surface area contributed by atoms with E-state index in [-0.39, 0.29) is 5.69 Å². The minimum Gasteiger partial charge on any atom is -0.349 e. The molecule has 4 heteroatoms. The first-order chi connectivity index (χ1) is 6.31. The maximum Gasteiger partial charge on any atom is 0.388 e. The molecule has 0 fully saturated rings. The van der Waals surface area contributed by atoms with Crippen LogP contribution in [0, 0.1) is 0 Å². The quantitative estimate of drug-likeness (QED) is 0.515. The fourth-order valence-corrected chi connectivity index (χ4v) is 1.23. The Morgan fingerprint density at radius 3 is 2.85 bits per heavy atom. The molecule has 2 aromatic rings. The molecule has 0 unspecified atom stereocenters. The molecule has 13 heavy (non-hydrogen) atoms. The van der Waals surface area contributed by atoms with Gasteiger partial charge >= 0.3 is 5.97 Å². The smallest absolute Gasteiger partial charge is 0.349 e. The van der Waals surface area contributed by atoms with E-state index in [1.165, 1.54) is 0 Å². The van der Waals surface area contributed by atoms with Gasteiger partial charge in [0.15, 0.2) is 0 Å². The fourth-order valence-electron chi connectivity index (χ4n) is 1.23. The minimum atomic E-state index is -0.781. The van der Waals surface area contributed by atoms with Gasteiger partial charge in [0.2, 0.25) is 0 Å². The predicted octanol–water partition coefficient (Wildman–Crippen LogP) is 1.80. The second kappa shape index (κ2) is 2.91. The van der Waals surface area contributed by atoms with Gasteiger partial charge in [-0.2, -0.15) is 5.26 Å². The van der Waals surface area contributed by atoms with Crippen molar-refractivity contribution in [1.29, 1.82) is 0 Å². The van der Waals surface area contributed by atoms with Gasteiger partial charge in [-0.05, 0) is 12.1 Å². The summed E-state index contributed by atoms with van der Waals surface area (Å²) in [6, 6.07) is 9.04. The molecule has 0 aliphatic carbocycles. The van der Waals surface area contributed by atoms with Crippen molar-refractivity contribution in [2.24, 2.45) is 0 Å². The normalized spacial score (nSPS) is 10.2. The maximum absolute atomic E-state index is 10.9. The summed E-state index contributed by atoms with van der Waals surface area (Å²) in [5.41, 5.74) is 1.08. The maximum atomic E-state index is 10.9. The lowest BCUT2D eigenvalue weighted by Crippen LogP contribution is -2.00. The van der Waals surface area contributed by atoms with Crippen LogP contribution in [-0.2, 0) is 4.89 Å². The Bertz CT molecular complexity index is 414. The van der Waals surface area contributed by atoms with E-state index in [1.807, 2.05) is 24.3 Å². The highest BCUT2D eigenvalue weighted by molar-refractivity contribution is 5.94. The van der Waals surface area contributed by atoms with E-state index >= 15 is 0 Å². The van der Waals surface area contributed by atoms with Crippen LogP contribution in [0.4, 0.5) is 0 Å². The Morgan fingerprint density at radius 2 is 2.15 bits per heavy atom. The monoisotopic (exact) mass is 177 g/mol. The zero-order chi connectivity index (χ0) is 9.26. The molecule has 0 saturated heterocycles. The Kier molecular flexibility index (Phi) is 1.75. The lowest BCUT2D eigenvalue weighted by molar-refractivity contribution is -0.183. The van der Waals surface area contributed by atoms with Gasteiger partial charge in [-0.25, -0.2) is 4.79 Å². The van der Waals surface area contributed by atoms with Gasteiger partial charge in [-0.15, -0.1) is 0 Å². The van der Waals surface area contributed by atoms with Crippen LogP contribution in [0.15, 0.2) is 30.3 Å². The molecular formula is C9H7NO3. The molecule has 4 nitrogen and oxygen atoms in total. The molecule has 1 heterocycles. The molecule has 0 saturated carbocycles.